The summed E-state index contributed by atoms with van der Waals surface area (Å²) in [6.07, 6.45) is 2.59. The van der Waals surface area contributed by atoms with E-state index in [0.717, 1.165) is 18.9 Å². The monoisotopic (exact) mass is 414 g/mol. The standard InChI is InChI=1S/C21H23FN4O4/c22-13-3-1-2-12(8-13)20(29)25-7-6-15-17(25)21(30)26-10-14(9-16(26)19(28)24-15)23-18(27)11-4-5-11/h1-3,8,11,14-17H,4-7,9-10H2,(H,23,27)(H,24,28)/t14-,15+,16+,17-/m0/s1. The molecule has 3 saturated heterocycles. The molecule has 0 bridgehead atoms. The van der Waals surface area contributed by atoms with Crippen LogP contribution in [-0.2, 0) is 14.4 Å². The fraction of sp³-hybridized carbons (Fsp3) is 0.524. The zero-order chi connectivity index (χ0) is 21.0. The molecule has 1 aliphatic carbocycles. The van der Waals surface area contributed by atoms with E-state index in [0.29, 0.717) is 19.4 Å². The fourth-order valence-corrected chi connectivity index (χ4v) is 4.81. The van der Waals surface area contributed by atoms with Crippen LogP contribution in [0.25, 0.3) is 0 Å². The number of carbonyl (C=O) groups excluding carboxylic acids is 4. The Morgan fingerprint density at radius 1 is 1.17 bits per heavy atom. The summed E-state index contributed by atoms with van der Waals surface area (Å²) in [6, 6.07) is 3.15. The maximum Gasteiger partial charge on any atom is 0.254 e. The maximum absolute atomic E-state index is 13.6. The van der Waals surface area contributed by atoms with Crippen LogP contribution in [0.5, 0.6) is 0 Å². The van der Waals surface area contributed by atoms with Gasteiger partial charge in [-0.2, -0.15) is 0 Å². The molecule has 0 radical (unpaired) electrons. The van der Waals surface area contributed by atoms with Gasteiger partial charge in [-0.15, -0.1) is 0 Å². The van der Waals surface area contributed by atoms with Gasteiger partial charge in [0.15, 0.2) is 0 Å². The van der Waals surface area contributed by atoms with Crippen LogP contribution in [-0.4, -0.2) is 70.7 Å². The lowest BCUT2D eigenvalue weighted by molar-refractivity contribution is -0.138. The van der Waals surface area contributed by atoms with E-state index in [4.69, 9.17) is 0 Å². The third-order valence-corrected chi connectivity index (χ3v) is 6.49. The molecule has 3 heterocycles. The third-order valence-electron chi connectivity index (χ3n) is 6.49. The number of benzene rings is 1. The zero-order valence-corrected chi connectivity index (χ0v) is 16.3. The molecule has 8 nitrogen and oxygen atoms in total. The second-order valence-corrected chi connectivity index (χ2v) is 8.58. The van der Waals surface area contributed by atoms with Gasteiger partial charge in [0.1, 0.15) is 17.9 Å². The average Bonchev–Trinajstić information content (AvgIpc) is 3.39. The molecular weight excluding hydrogens is 391 g/mol. The molecule has 5 rings (SSSR count). The summed E-state index contributed by atoms with van der Waals surface area (Å²) in [4.78, 5) is 54.2. The number of amides is 4. The van der Waals surface area contributed by atoms with Crippen molar-refractivity contribution in [1.82, 2.24) is 20.4 Å². The van der Waals surface area contributed by atoms with Gasteiger partial charge < -0.3 is 20.4 Å². The first-order valence-corrected chi connectivity index (χ1v) is 10.4. The highest BCUT2D eigenvalue weighted by Gasteiger charge is 2.52. The summed E-state index contributed by atoms with van der Waals surface area (Å²) in [5.41, 5.74) is 0.173. The van der Waals surface area contributed by atoms with Crippen molar-refractivity contribution in [3.63, 3.8) is 0 Å². The Morgan fingerprint density at radius 3 is 2.70 bits per heavy atom. The molecule has 0 spiro atoms. The molecule has 4 amide bonds. The number of carbonyl (C=O) groups is 4. The van der Waals surface area contributed by atoms with Crippen LogP contribution >= 0.6 is 0 Å². The molecule has 4 fully saturated rings. The number of rotatable bonds is 3. The van der Waals surface area contributed by atoms with E-state index in [1.165, 1.54) is 28.0 Å². The largest absolute Gasteiger partial charge is 0.351 e. The number of halogens is 1. The van der Waals surface area contributed by atoms with Gasteiger partial charge in [0.25, 0.3) is 5.91 Å². The van der Waals surface area contributed by atoms with Crippen molar-refractivity contribution in [3.05, 3.63) is 35.6 Å². The summed E-state index contributed by atoms with van der Waals surface area (Å²) in [5, 5.41) is 5.87. The van der Waals surface area contributed by atoms with Gasteiger partial charge in [-0.25, -0.2) is 4.39 Å². The zero-order valence-electron chi connectivity index (χ0n) is 16.3. The molecule has 1 aromatic carbocycles. The molecule has 158 valence electrons. The molecule has 4 atom stereocenters. The molecule has 3 aliphatic heterocycles. The van der Waals surface area contributed by atoms with Gasteiger partial charge in [0.2, 0.25) is 17.7 Å². The van der Waals surface area contributed by atoms with Gasteiger partial charge in [-0.3, -0.25) is 19.2 Å². The molecule has 0 aromatic heterocycles. The molecule has 1 aromatic rings. The van der Waals surface area contributed by atoms with Gasteiger partial charge in [-0.05, 0) is 43.9 Å². The molecule has 1 saturated carbocycles. The van der Waals surface area contributed by atoms with E-state index < -0.39 is 29.8 Å². The minimum Gasteiger partial charge on any atom is -0.351 e. The number of hydrogen-bond acceptors (Lipinski definition) is 4. The second kappa shape index (κ2) is 7.07. The number of likely N-dealkylation sites (tertiary alicyclic amines) is 1. The lowest BCUT2D eigenvalue weighted by atomic mass is 10.1. The summed E-state index contributed by atoms with van der Waals surface area (Å²) < 4.78 is 13.6. The highest BCUT2D eigenvalue weighted by Crippen LogP contribution is 2.32. The van der Waals surface area contributed by atoms with E-state index in [9.17, 15) is 23.6 Å². The Hall–Kier alpha value is -2.97. The van der Waals surface area contributed by atoms with Crippen molar-refractivity contribution in [1.29, 1.82) is 0 Å². The Bertz CT molecular complexity index is 933. The summed E-state index contributed by atoms with van der Waals surface area (Å²) in [6.45, 7) is 0.553. The Morgan fingerprint density at radius 2 is 1.97 bits per heavy atom. The third kappa shape index (κ3) is 3.22. The number of fused-ring (bicyclic) bond motifs is 2. The van der Waals surface area contributed by atoms with Gasteiger partial charge in [0, 0.05) is 30.6 Å². The van der Waals surface area contributed by atoms with Crippen molar-refractivity contribution in [3.8, 4) is 0 Å². The molecule has 4 aliphatic rings. The van der Waals surface area contributed by atoms with Crippen molar-refractivity contribution in [2.24, 2.45) is 5.92 Å². The number of nitrogens with one attached hydrogen (secondary N) is 2. The summed E-state index contributed by atoms with van der Waals surface area (Å²) in [7, 11) is 0. The van der Waals surface area contributed by atoms with E-state index >= 15 is 0 Å². The van der Waals surface area contributed by atoms with Crippen molar-refractivity contribution >= 4 is 23.6 Å². The predicted molar refractivity (Wildman–Crippen MR) is 103 cm³/mol. The Balaban J connectivity index is 1.37. The molecule has 30 heavy (non-hydrogen) atoms. The lowest BCUT2D eigenvalue weighted by Gasteiger charge is -2.29. The molecule has 2 N–H and O–H groups in total. The van der Waals surface area contributed by atoms with E-state index in [2.05, 4.69) is 10.6 Å². The maximum atomic E-state index is 13.6. The Kier molecular flexibility index (Phi) is 4.48. The highest BCUT2D eigenvalue weighted by atomic mass is 19.1. The minimum atomic E-state index is -0.826. The van der Waals surface area contributed by atoms with E-state index in [1.807, 2.05) is 0 Å². The normalized spacial score (nSPS) is 30.4. The average molecular weight is 414 g/mol. The molecule has 0 unspecified atom stereocenters. The van der Waals surface area contributed by atoms with E-state index in [-0.39, 0.29) is 41.8 Å². The SMILES string of the molecule is O=C(N[C@H]1C[C@@H]2C(=O)N[C@@H]3CCN(C(=O)c4cccc(F)c4)[C@@H]3C(=O)N2C1)C1CC1. The van der Waals surface area contributed by atoms with Gasteiger partial charge in [-0.1, -0.05) is 6.07 Å². The van der Waals surface area contributed by atoms with Gasteiger partial charge >= 0.3 is 0 Å². The van der Waals surface area contributed by atoms with Crippen LogP contribution in [0.1, 0.15) is 36.0 Å². The van der Waals surface area contributed by atoms with Crippen LogP contribution in [0.2, 0.25) is 0 Å². The summed E-state index contributed by atoms with van der Waals surface area (Å²) in [5.74, 6) is -1.47. The first-order chi connectivity index (χ1) is 14.4. The van der Waals surface area contributed by atoms with Crippen LogP contribution in [0.3, 0.4) is 0 Å². The molecule has 9 heteroatoms. The lowest BCUT2D eigenvalue weighted by Crippen LogP contribution is -2.52. The second-order valence-electron chi connectivity index (χ2n) is 8.58. The number of nitrogens with zero attached hydrogens (tertiary/aromatic N) is 2. The first-order valence-electron chi connectivity index (χ1n) is 10.4. The predicted octanol–water partition coefficient (Wildman–Crippen LogP) is 0.0343. The topological polar surface area (TPSA) is 98.8 Å². The quantitative estimate of drug-likeness (QED) is 0.729. The van der Waals surface area contributed by atoms with Crippen LogP contribution in [0.15, 0.2) is 24.3 Å². The van der Waals surface area contributed by atoms with Crippen molar-refractivity contribution < 1.29 is 23.6 Å². The van der Waals surface area contributed by atoms with Gasteiger partial charge in [0.05, 0.1) is 6.04 Å². The Labute approximate surface area is 172 Å². The highest BCUT2D eigenvalue weighted by molar-refractivity contribution is 6.00. The van der Waals surface area contributed by atoms with E-state index in [1.54, 1.807) is 0 Å². The first kappa shape index (κ1) is 19.0. The fourth-order valence-electron chi connectivity index (χ4n) is 4.81. The van der Waals surface area contributed by atoms with Crippen molar-refractivity contribution in [2.45, 2.75) is 49.9 Å². The molecular formula is C21H23FN4O4. The number of hydrogen-bond donors (Lipinski definition) is 2. The smallest absolute Gasteiger partial charge is 0.254 e. The van der Waals surface area contributed by atoms with Crippen LogP contribution in [0.4, 0.5) is 4.39 Å². The summed E-state index contributed by atoms with van der Waals surface area (Å²) >= 11 is 0. The minimum absolute atomic E-state index is 0.0211. The van der Waals surface area contributed by atoms with Crippen molar-refractivity contribution in [2.75, 3.05) is 13.1 Å². The van der Waals surface area contributed by atoms with Crippen LogP contribution < -0.4 is 10.6 Å². The van der Waals surface area contributed by atoms with Crippen LogP contribution in [0, 0.1) is 11.7 Å².